The number of nitrogens with zero attached hydrogens (tertiary/aromatic N) is 1. The van der Waals surface area contributed by atoms with E-state index in [0.29, 0.717) is 5.56 Å². The highest BCUT2D eigenvalue weighted by Crippen LogP contribution is 2.27. The van der Waals surface area contributed by atoms with Crippen molar-refractivity contribution in [2.75, 3.05) is 0 Å². The molecule has 3 rings (SSSR count). The van der Waals surface area contributed by atoms with E-state index in [0.717, 1.165) is 4.47 Å². The highest BCUT2D eigenvalue weighted by Gasteiger charge is 2.17. The van der Waals surface area contributed by atoms with Crippen LogP contribution < -0.4 is 16.8 Å². The zero-order chi connectivity index (χ0) is 15.9. The number of fused-ring (bicyclic) bond motifs is 1. The van der Waals surface area contributed by atoms with Gasteiger partial charge >= 0.3 is 5.69 Å². The van der Waals surface area contributed by atoms with Crippen molar-refractivity contribution in [2.24, 2.45) is 0 Å². The maximum atomic E-state index is 12.1. The maximum Gasteiger partial charge on any atom is 0.327 e. The lowest BCUT2D eigenvalue weighted by atomic mass is 9.99. The van der Waals surface area contributed by atoms with Crippen molar-refractivity contribution in [3.8, 4) is 17.2 Å². The second-order valence-corrected chi connectivity index (χ2v) is 5.40. The molecule has 0 aliphatic heterocycles. The van der Waals surface area contributed by atoms with E-state index < -0.39 is 16.8 Å². The van der Waals surface area contributed by atoms with Crippen molar-refractivity contribution in [2.45, 2.75) is 0 Å². The van der Waals surface area contributed by atoms with Crippen LogP contribution in [0.4, 0.5) is 0 Å². The Morgan fingerprint density at radius 1 is 0.955 bits per heavy atom. The van der Waals surface area contributed by atoms with Crippen LogP contribution in [0.15, 0.2) is 43.1 Å². The molecule has 1 aromatic carbocycles. The molecule has 22 heavy (non-hydrogen) atoms. The topological polar surface area (TPSA) is 122 Å². The van der Waals surface area contributed by atoms with Crippen molar-refractivity contribution in [3.05, 3.63) is 65.5 Å². The molecule has 108 valence electrons. The van der Waals surface area contributed by atoms with Crippen molar-refractivity contribution >= 4 is 27.0 Å². The number of aromatic amines is 3. The van der Waals surface area contributed by atoms with E-state index in [1.54, 1.807) is 24.3 Å². The van der Waals surface area contributed by atoms with Crippen LogP contribution >= 0.6 is 15.9 Å². The molecule has 0 radical (unpaired) electrons. The summed E-state index contributed by atoms with van der Waals surface area (Å²) in [6, 6.07) is 8.60. The molecule has 0 aliphatic carbocycles. The number of nitrogens with one attached hydrogen (secondary N) is 3. The minimum atomic E-state index is -0.736. The summed E-state index contributed by atoms with van der Waals surface area (Å²) in [6.07, 6.45) is 0. The first-order valence-electron chi connectivity index (χ1n) is 6.10. The van der Waals surface area contributed by atoms with E-state index in [2.05, 4.69) is 30.9 Å². The molecular weight excluding hydrogens is 352 g/mol. The molecule has 0 amide bonds. The number of nitriles is 1. The summed E-state index contributed by atoms with van der Waals surface area (Å²) < 4.78 is 0.811. The van der Waals surface area contributed by atoms with Gasteiger partial charge in [-0.3, -0.25) is 19.6 Å². The van der Waals surface area contributed by atoms with Gasteiger partial charge in [-0.2, -0.15) is 5.26 Å². The summed E-state index contributed by atoms with van der Waals surface area (Å²) in [6.45, 7) is 0. The molecule has 8 heteroatoms. The molecule has 0 bridgehead atoms. The van der Waals surface area contributed by atoms with Gasteiger partial charge < -0.3 is 4.98 Å². The Bertz CT molecular complexity index is 1100. The third kappa shape index (κ3) is 2.17. The summed E-state index contributed by atoms with van der Waals surface area (Å²) in [7, 11) is 0. The van der Waals surface area contributed by atoms with E-state index in [4.69, 9.17) is 0 Å². The zero-order valence-electron chi connectivity index (χ0n) is 10.9. The Morgan fingerprint density at radius 2 is 1.64 bits per heavy atom. The Labute approximate surface area is 130 Å². The number of pyridine rings is 1. The Hall–Kier alpha value is -2.92. The van der Waals surface area contributed by atoms with Crippen molar-refractivity contribution in [3.63, 3.8) is 0 Å². The van der Waals surface area contributed by atoms with E-state index in [-0.39, 0.29) is 22.2 Å². The lowest BCUT2D eigenvalue weighted by molar-refractivity contribution is 1.05. The van der Waals surface area contributed by atoms with Crippen LogP contribution in [0.5, 0.6) is 0 Å². The monoisotopic (exact) mass is 358 g/mol. The fourth-order valence-electron chi connectivity index (χ4n) is 2.25. The van der Waals surface area contributed by atoms with Crippen LogP contribution in [-0.2, 0) is 0 Å². The van der Waals surface area contributed by atoms with Gasteiger partial charge in [-0.1, -0.05) is 28.1 Å². The summed E-state index contributed by atoms with van der Waals surface area (Å²) in [5.74, 6) is 0. The van der Waals surface area contributed by atoms with Crippen molar-refractivity contribution in [1.29, 1.82) is 5.26 Å². The highest BCUT2D eigenvalue weighted by molar-refractivity contribution is 9.10. The average molecular weight is 359 g/mol. The van der Waals surface area contributed by atoms with E-state index in [1.807, 2.05) is 6.07 Å². The summed E-state index contributed by atoms with van der Waals surface area (Å²) >= 11 is 3.29. The fourth-order valence-corrected chi connectivity index (χ4v) is 2.51. The smallest absolute Gasteiger partial charge is 0.307 e. The number of benzene rings is 1. The first kappa shape index (κ1) is 14.0. The first-order chi connectivity index (χ1) is 10.5. The normalized spacial score (nSPS) is 10.5. The van der Waals surface area contributed by atoms with Gasteiger partial charge in [0.25, 0.3) is 11.1 Å². The van der Waals surface area contributed by atoms with E-state index >= 15 is 0 Å². The molecule has 0 atom stereocenters. The van der Waals surface area contributed by atoms with Crippen molar-refractivity contribution in [1.82, 2.24) is 15.0 Å². The number of hydrogen-bond donors (Lipinski definition) is 3. The number of hydrogen-bond acceptors (Lipinski definition) is 4. The number of halogens is 1. The van der Waals surface area contributed by atoms with Gasteiger partial charge in [0.05, 0.1) is 5.39 Å². The molecule has 2 heterocycles. The average Bonchev–Trinajstić information content (AvgIpc) is 2.46. The molecule has 3 N–H and O–H groups in total. The standard InChI is InChI=1S/C14H7BrN4O3/c15-7-3-1-6(2-4-7)9-8(5-16)12(20)17-11-10(9)13(21)19-14(22)18-11/h1-4H,(H3,17,18,19,20,21,22). The Balaban J connectivity index is 2.59. The van der Waals surface area contributed by atoms with Crippen LogP contribution in [-0.4, -0.2) is 15.0 Å². The second kappa shape index (κ2) is 5.13. The molecule has 3 aromatic rings. The van der Waals surface area contributed by atoms with Crippen LogP contribution in [0.2, 0.25) is 0 Å². The number of aromatic nitrogens is 3. The minimum Gasteiger partial charge on any atom is -0.307 e. The van der Waals surface area contributed by atoms with Gasteiger partial charge in [0.1, 0.15) is 17.3 Å². The van der Waals surface area contributed by atoms with Gasteiger partial charge in [-0.05, 0) is 17.7 Å². The molecule has 0 aliphatic rings. The third-order valence-electron chi connectivity index (χ3n) is 3.15. The molecule has 0 saturated heterocycles. The second-order valence-electron chi connectivity index (χ2n) is 4.48. The molecular formula is C14H7BrN4O3. The van der Waals surface area contributed by atoms with Gasteiger partial charge in [0.2, 0.25) is 0 Å². The predicted octanol–water partition coefficient (Wildman–Crippen LogP) is 1.21. The first-order valence-corrected chi connectivity index (χ1v) is 6.89. The molecule has 0 spiro atoms. The highest BCUT2D eigenvalue weighted by atomic mass is 79.9. The number of rotatable bonds is 1. The van der Waals surface area contributed by atoms with Crippen molar-refractivity contribution < 1.29 is 0 Å². The fraction of sp³-hybridized carbons (Fsp3) is 0. The molecule has 2 aromatic heterocycles. The maximum absolute atomic E-state index is 12.1. The molecule has 0 saturated carbocycles. The van der Waals surface area contributed by atoms with Crippen LogP contribution in [0.1, 0.15) is 5.56 Å². The predicted molar refractivity (Wildman–Crippen MR) is 83.7 cm³/mol. The Morgan fingerprint density at radius 3 is 2.27 bits per heavy atom. The lowest BCUT2D eigenvalue weighted by Crippen LogP contribution is -2.26. The minimum absolute atomic E-state index is 0.0179. The van der Waals surface area contributed by atoms with Crippen LogP contribution in [0.25, 0.3) is 22.2 Å². The quantitative estimate of drug-likeness (QED) is 0.604. The summed E-state index contributed by atoms with van der Waals surface area (Å²) in [5.41, 5.74) is -1.58. The molecule has 0 fully saturated rings. The van der Waals surface area contributed by atoms with Crippen LogP contribution in [0.3, 0.4) is 0 Å². The van der Waals surface area contributed by atoms with E-state index in [1.165, 1.54) is 0 Å². The Kier molecular flexibility index (Phi) is 3.27. The largest absolute Gasteiger partial charge is 0.327 e. The zero-order valence-corrected chi connectivity index (χ0v) is 12.4. The van der Waals surface area contributed by atoms with Gasteiger partial charge in [0, 0.05) is 10.0 Å². The van der Waals surface area contributed by atoms with Gasteiger partial charge in [-0.25, -0.2) is 4.79 Å². The SMILES string of the molecule is N#Cc1c(-c2ccc(Br)cc2)c2c(=O)[nH]c(=O)[nH]c2[nH]c1=O. The molecule has 0 unspecified atom stereocenters. The van der Waals surface area contributed by atoms with E-state index in [9.17, 15) is 19.6 Å². The van der Waals surface area contributed by atoms with Gasteiger partial charge in [0.15, 0.2) is 0 Å². The van der Waals surface area contributed by atoms with Gasteiger partial charge in [-0.15, -0.1) is 0 Å². The number of H-pyrrole nitrogens is 3. The summed E-state index contributed by atoms with van der Waals surface area (Å²) in [4.78, 5) is 42.3. The molecule has 7 nitrogen and oxygen atoms in total. The third-order valence-corrected chi connectivity index (χ3v) is 3.68. The lowest BCUT2D eigenvalue weighted by Gasteiger charge is -2.07. The summed E-state index contributed by atoms with van der Waals surface area (Å²) in [5, 5.41) is 9.31. The van der Waals surface area contributed by atoms with Crippen LogP contribution in [0, 0.1) is 11.3 Å².